The summed E-state index contributed by atoms with van der Waals surface area (Å²) in [4.78, 5) is 41.2. The van der Waals surface area contributed by atoms with Gasteiger partial charge in [0.25, 0.3) is 11.5 Å². The number of aromatic nitrogens is 2. The largest absolute Gasteiger partial charge is 0.376 e. The first-order valence-corrected chi connectivity index (χ1v) is 8.51. The fourth-order valence-corrected chi connectivity index (χ4v) is 2.79. The van der Waals surface area contributed by atoms with Crippen molar-refractivity contribution in [1.82, 2.24) is 19.8 Å². The second-order valence-electron chi connectivity index (χ2n) is 5.84. The summed E-state index contributed by atoms with van der Waals surface area (Å²) in [6.45, 7) is 7.89. The standard InChI is InChI=1S/C16H26N4O4/c1-3-19(4-2)8-7-17-14(21)13-10-18-16(23)20(15(13)22)11-12-6-5-9-24-12/h10,12H,3-9,11H2,1-2H3,(H,17,21)(H,18,23). The average Bonchev–Trinajstić information content (AvgIpc) is 3.08. The average molecular weight is 338 g/mol. The van der Waals surface area contributed by atoms with Crippen molar-refractivity contribution in [2.45, 2.75) is 39.3 Å². The molecule has 0 radical (unpaired) electrons. The lowest BCUT2D eigenvalue weighted by atomic mass is 10.2. The number of H-pyrrole nitrogens is 1. The fourth-order valence-electron chi connectivity index (χ4n) is 2.79. The maximum absolute atomic E-state index is 12.4. The Kier molecular flexibility index (Phi) is 6.74. The highest BCUT2D eigenvalue weighted by Gasteiger charge is 2.20. The summed E-state index contributed by atoms with van der Waals surface area (Å²) in [5.41, 5.74) is -1.14. The molecule has 0 spiro atoms. The third-order valence-electron chi connectivity index (χ3n) is 4.32. The zero-order chi connectivity index (χ0) is 17.5. The molecule has 1 amide bonds. The second kappa shape index (κ2) is 8.79. The minimum Gasteiger partial charge on any atom is -0.376 e. The molecule has 1 aliphatic heterocycles. The smallest absolute Gasteiger partial charge is 0.328 e. The summed E-state index contributed by atoms with van der Waals surface area (Å²) in [5.74, 6) is -0.468. The number of carbonyl (C=O) groups is 1. The van der Waals surface area contributed by atoms with Crippen LogP contribution in [0, 0.1) is 0 Å². The molecular weight excluding hydrogens is 312 g/mol. The van der Waals surface area contributed by atoms with Crippen LogP contribution in [-0.4, -0.2) is 59.2 Å². The first kappa shape index (κ1) is 18.4. The fraction of sp³-hybridized carbons (Fsp3) is 0.688. The predicted molar refractivity (Wildman–Crippen MR) is 90.4 cm³/mol. The van der Waals surface area contributed by atoms with E-state index in [0.29, 0.717) is 19.7 Å². The van der Waals surface area contributed by atoms with Crippen LogP contribution in [-0.2, 0) is 11.3 Å². The molecule has 8 nitrogen and oxygen atoms in total. The molecule has 0 saturated carbocycles. The number of carbonyl (C=O) groups excluding carboxylic acids is 1. The molecule has 134 valence electrons. The highest BCUT2D eigenvalue weighted by Crippen LogP contribution is 2.12. The molecule has 8 heteroatoms. The van der Waals surface area contributed by atoms with E-state index in [9.17, 15) is 14.4 Å². The van der Waals surface area contributed by atoms with Gasteiger partial charge in [-0.2, -0.15) is 0 Å². The number of rotatable bonds is 8. The van der Waals surface area contributed by atoms with Gasteiger partial charge in [-0.3, -0.25) is 14.2 Å². The quantitative estimate of drug-likeness (QED) is 0.683. The van der Waals surface area contributed by atoms with E-state index in [2.05, 4.69) is 29.0 Å². The molecule has 1 atom stereocenters. The lowest BCUT2D eigenvalue weighted by Crippen LogP contribution is -2.43. The van der Waals surface area contributed by atoms with Gasteiger partial charge in [0.2, 0.25) is 0 Å². The molecule has 1 fully saturated rings. The number of hydrogen-bond donors (Lipinski definition) is 2. The van der Waals surface area contributed by atoms with Gasteiger partial charge < -0.3 is 19.9 Å². The Labute approximate surface area is 140 Å². The van der Waals surface area contributed by atoms with Crippen LogP contribution < -0.4 is 16.6 Å². The number of aromatic amines is 1. The summed E-state index contributed by atoms with van der Waals surface area (Å²) < 4.78 is 6.52. The second-order valence-corrected chi connectivity index (χ2v) is 5.84. The summed E-state index contributed by atoms with van der Waals surface area (Å²) in [6, 6.07) is 0. The van der Waals surface area contributed by atoms with Crippen LogP contribution >= 0.6 is 0 Å². The van der Waals surface area contributed by atoms with Crippen molar-refractivity contribution in [2.75, 3.05) is 32.8 Å². The molecule has 2 rings (SSSR count). The van der Waals surface area contributed by atoms with Gasteiger partial charge in [0, 0.05) is 25.9 Å². The van der Waals surface area contributed by atoms with Crippen molar-refractivity contribution in [3.05, 3.63) is 32.6 Å². The molecule has 0 bridgehead atoms. The molecule has 1 unspecified atom stereocenters. The minimum absolute atomic E-state index is 0.0489. The molecule has 1 aliphatic rings. The SMILES string of the molecule is CCN(CC)CCNC(=O)c1c[nH]c(=O)n(CC2CCCO2)c1=O. The lowest BCUT2D eigenvalue weighted by molar-refractivity contribution is 0.0920. The number of hydrogen-bond acceptors (Lipinski definition) is 5. The molecule has 0 aromatic carbocycles. The molecule has 1 saturated heterocycles. The molecule has 24 heavy (non-hydrogen) atoms. The number of likely N-dealkylation sites (N-methyl/N-ethyl adjacent to an activating group) is 1. The Morgan fingerprint density at radius 2 is 2.17 bits per heavy atom. The third-order valence-corrected chi connectivity index (χ3v) is 4.32. The monoisotopic (exact) mass is 338 g/mol. The topological polar surface area (TPSA) is 96.4 Å². The summed E-state index contributed by atoms with van der Waals surface area (Å²) in [6.07, 6.45) is 2.77. The molecule has 1 aromatic heterocycles. The van der Waals surface area contributed by atoms with Crippen molar-refractivity contribution in [3.63, 3.8) is 0 Å². The van der Waals surface area contributed by atoms with Gasteiger partial charge in [0.05, 0.1) is 12.6 Å². The lowest BCUT2D eigenvalue weighted by Gasteiger charge is -2.18. The molecular formula is C16H26N4O4. The summed E-state index contributed by atoms with van der Waals surface area (Å²) in [5, 5.41) is 2.73. The molecule has 2 heterocycles. The van der Waals surface area contributed by atoms with Crippen LogP contribution in [0.25, 0.3) is 0 Å². The van der Waals surface area contributed by atoms with Crippen LogP contribution in [0.2, 0.25) is 0 Å². The summed E-state index contributed by atoms with van der Waals surface area (Å²) >= 11 is 0. The molecule has 0 aliphatic carbocycles. The van der Waals surface area contributed by atoms with Gasteiger partial charge in [-0.15, -0.1) is 0 Å². The van der Waals surface area contributed by atoms with Gasteiger partial charge in [-0.05, 0) is 25.9 Å². The number of nitrogens with zero attached hydrogens (tertiary/aromatic N) is 2. The van der Waals surface area contributed by atoms with Crippen LogP contribution in [0.1, 0.15) is 37.0 Å². The van der Waals surface area contributed by atoms with Gasteiger partial charge >= 0.3 is 5.69 Å². The summed E-state index contributed by atoms with van der Waals surface area (Å²) in [7, 11) is 0. The van der Waals surface area contributed by atoms with Crippen molar-refractivity contribution >= 4 is 5.91 Å². The maximum Gasteiger partial charge on any atom is 0.328 e. The molecule has 2 N–H and O–H groups in total. The predicted octanol–water partition coefficient (Wildman–Crippen LogP) is -0.213. The Balaban J connectivity index is 2.05. The third kappa shape index (κ3) is 4.55. The zero-order valence-electron chi connectivity index (χ0n) is 14.3. The van der Waals surface area contributed by atoms with Crippen LogP contribution in [0.15, 0.2) is 15.8 Å². The van der Waals surface area contributed by atoms with Crippen LogP contribution in [0.5, 0.6) is 0 Å². The molecule has 1 aromatic rings. The van der Waals surface area contributed by atoms with E-state index >= 15 is 0 Å². The van der Waals surface area contributed by atoms with Crippen molar-refractivity contribution in [3.8, 4) is 0 Å². The highest BCUT2D eigenvalue weighted by molar-refractivity contribution is 5.93. The Bertz CT molecular complexity index is 657. The number of amides is 1. The first-order chi connectivity index (χ1) is 11.6. The zero-order valence-corrected chi connectivity index (χ0v) is 14.3. The van der Waals surface area contributed by atoms with Crippen LogP contribution in [0.3, 0.4) is 0 Å². The van der Waals surface area contributed by atoms with E-state index in [1.807, 2.05) is 0 Å². The number of ether oxygens (including phenoxy) is 1. The van der Waals surface area contributed by atoms with E-state index in [1.54, 1.807) is 0 Å². The number of nitrogens with one attached hydrogen (secondary N) is 2. The van der Waals surface area contributed by atoms with E-state index in [1.165, 1.54) is 6.20 Å². The van der Waals surface area contributed by atoms with E-state index in [-0.39, 0.29) is 18.2 Å². The van der Waals surface area contributed by atoms with Gasteiger partial charge in [-0.1, -0.05) is 13.8 Å². The Hall–Kier alpha value is -1.93. The Morgan fingerprint density at radius 1 is 1.42 bits per heavy atom. The van der Waals surface area contributed by atoms with E-state index < -0.39 is 17.2 Å². The van der Waals surface area contributed by atoms with Crippen LogP contribution in [0.4, 0.5) is 0 Å². The normalized spacial score (nSPS) is 17.4. The Morgan fingerprint density at radius 3 is 2.79 bits per heavy atom. The first-order valence-electron chi connectivity index (χ1n) is 8.51. The van der Waals surface area contributed by atoms with Gasteiger partial charge in [0.1, 0.15) is 5.56 Å². The maximum atomic E-state index is 12.4. The minimum atomic E-state index is -0.574. The van der Waals surface area contributed by atoms with Crippen molar-refractivity contribution < 1.29 is 9.53 Å². The van der Waals surface area contributed by atoms with Gasteiger partial charge in [0.15, 0.2) is 0 Å². The van der Waals surface area contributed by atoms with E-state index in [0.717, 1.165) is 30.5 Å². The van der Waals surface area contributed by atoms with E-state index in [4.69, 9.17) is 4.74 Å². The van der Waals surface area contributed by atoms with Gasteiger partial charge in [-0.25, -0.2) is 4.79 Å². The van der Waals surface area contributed by atoms with Crippen molar-refractivity contribution in [2.24, 2.45) is 0 Å². The van der Waals surface area contributed by atoms with Crippen molar-refractivity contribution in [1.29, 1.82) is 0 Å². The highest BCUT2D eigenvalue weighted by atomic mass is 16.5.